The van der Waals surface area contributed by atoms with Crippen molar-refractivity contribution in [3.05, 3.63) is 45.2 Å². The van der Waals surface area contributed by atoms with Gasteiger partial charge in [0.25, 0.3) is 0 Å². The number of hydrogen-bond acceptors (Lipinski definition) is 2. The molecule has 0 bridgehead atoms. The molecule has 0 aliphatic heterocycles. The van der Waals surface area contributed by atoms with Gasteiger partial charge in [-0.1, -0.05) is 42.8 Å². The van der Waals surface area contributed by atoms with Crippen molar-refractivity contribution in [2.75, 3.05) is 6.54 Å². The van der Waals surface area contributed by atoms with Crippen molar-refractivity contribution >= 4 is 41.3 Å². The highest BCUT2D eigenvalue weighted by Gasteiger charge is 2.18. The largest absolute Gasteiger partial charge is 0.240 e. The van der Waals surface area contributed by atoms with E-state index < -0.39 is 18.1 Å². The lowest BCUT2D eigenvalue weighted by Gasteiger charge is -2.12. The van der Waals surface area contributed by atoms with Gasteiger partial charge in [0.2, 0.25) is 10.0 Å². The summed E-state index contributed by atoms with van der Waals surface area (Å²) in [5, 5.41) is 0.495. The lowest BCUT2D eigenvalue weighted by molar-refractivity contribution is 0.584. The normalized spacial score (nSPS) is 11.9. The first kappa shape index (κ1) is 18.5. The van der Waals surface area contributed by atoms with E-state index in [2.05, 4.69) is 30.1 Å². The first-order valence-electron chi connectivity index (χ1n) is 6.40. The second-order valence-electron chi connectivity index (χ2n) is 5.75. The first-order chi connectivity index (χ1) is 9.52. The average Bonchev–Trinajstić information content (AvgIpc) is 2.36. The molecule has 0 heterocycles. The lowest BCUT2D eigenvalue weighted by Crippen LogP contribution is -2.25. The maximum atomic E-state index is 12.1. The quantitative estimate of drug-likeness (QED) is 0.630. The lowest BCUT2D eigenvalue weighted by atomic mass is 10.3. The molecule has 0 spiro atoms. The fraction of sp³-hybridized carbons (Fsp3) is 0.357. The Morgan fingerprint density at radius 3 is 2.24 bits per heavy atom. The third-order valence-corrected chi connectivity index (χ3v) is 7.54. The molecule has 0 aliphatic carbocycles. The van der Waals surface area contributed by atoms with Crippen molar-refractivity contribution in [3.8, 4) is 0 Å². The summed E-state index contributed by atoms with van der Waals surface area (Å²) in [6.45, 7) is 8.28. The molecule has 1 N–H and O–H groups in total. The van der Waals surface area contributed by atoms with Crippen LogP contribution in [-0.2, 0) is 10.0 Å². The molecule has 1 aromatic rings. The molecule has 1 rings (SSSR count). The van der Waals surface area contributed by atoms with Gasteiger partial charge in [-0.25, -0.2) is 13.1 Å². The van der Waals surface area contributed by atoms with E-state index in [1.807, 2.05) is 0 Å². The van der Waals surface area contributed by atoms with Crippen LogP contribution in [0, 0.1) is 0 Å². The highest BCUT2D eigenvalue weighted by Crippen LogP contribution is 2.18. The van der Waals surface area contributed by atoms with E-state index in [1.165, 1.54) is 12.1 Å². The molecule has 0 amide bonds. The number of nitrogens with one attached hydrogen (secondary N) is 1. The second-order valence-corrected chi connectivity index (χ2v) is 13.6. The molecule has 0 fully saturated rings. The monoisotopic (exact) mass is 363 g/mol. The Morgan fingerprint density at radius 2 is 1.76 bits per heavy atom. The van der Waals surface area contributed by atoms with Crippen LogP contribution in [0.3, 0.4) is 0 Å². The smallest absolute Gasteiger partial charge is 0.207 e. The number of halogens is 2. The Kier molecular flexibility index (Phi) is 6.29. The Balaban J connectivity index is 2.88. The summed E-state index contributed by atoms with van der Waals surface area (Å²) in [5.74, 6) is 0. The highest BCUT2D eigenvalue weighted by atomic mass is 35.5. The fourth-order valence-corrected chi connectivity index (χ4v) is 3.26. The Labute approximate surface area is 137 Å². The van der Waals surface area contributed by atoms with Crippen LogP contribution >= 0.6 is 23.2 Å². The molecular weight excluding hydrogens is 345 g/mol. The van der Waals surface area contributed by atoms with Gasteiger partial charge in [0.15, 0.2) is 0 Å². The second kappa shape index (κ2) is 7.14. The van der Waals surface area contributed by atoms with Crippen LogP contribution in [0.1, 0.15) is 6.92 Å². The molecule has 0 aliphatic rings. The molecule has 0 unspecified atom stereocenters. The average molecular weight is 364 g/mol. The third kappa shape index (κ3) is 5.99. The van der Waals surface area contributed by atoms with Crippen LogP contribution in [0.4, 0.5) is 0 Å². The Morgan fingerprint density at radius 1 is 1.24 bits per heavy atom. The number of hydrogen-bond donors (Lipinski definition) is 1. The minimum atomic E-state index is -3.55. The summed E-state index contributed by atoms with van der Waals surface area (Å²) >= 11 is 11.9. The molecule has 116 valence electrons. The topological polar surface area (TPSA) is 46.2 Å². The SMILES string of the molecule is CC(=C=C(Cl)[Si](C)(C)C)CNS(=O)(=O)c1ccc(Cl)cc1. The summed E-state index contributed by atoms with van der Waals surface area (Å²) in [4.78, 5) is 0.181. The van der Waals surface area contributed by atoms with Crippen LogP contribution in [0.25, 0.3) is 0 Å². The predicted molar refractivity (Wildman–Crippen MR) is 92.1 cm³/mol. The van der Waals surface area contributed by atoms with E-state index in [4.69, 9.17) is 23.2 Å². The molecule has 0 saturated heterocycles. The van der Waals surface area contributed by atoms with Crippen molar-refractivity contribution in [1.82, 2.24) is 4.72 Å². The van der Waals surface area contributed by atoms with Crippen LogP contribution in [-0.4, -0.2) is 23.0 Å². The van der Waals surface area contributed by atoms with Gasteiger partial charge in [-0.05, 0) is 36.8 Å². The molecule has 3 nitrogen and oxygen atoms in total. The molecule has 0 aromatic heterocycles. The van der Waals surface area contributed by atoms with Crippen LogP contribution in [0.15, 0.2) is 45.1 Å². The minimum Gasteiger partial charge on any atom is -0.207 e. The zero-order valence-corrected chi connectivity index (χ0v) is 15.8. The summed E-state index contributed by atoms with van der Waals surface area (Å²) in [5.41, 5.74) is 3.82. The molecule has 0 atom stereocenters. The van der Waals surface area contributed by atoms with E-state index in [0.717, 1.165) is 5.57 Å². The molecule has 1 aromatic carbocycles. The van der Waals surface area contributed by atoms with Crippen molar-refractivity contribution < 1.29 is 8.42 Å². The molecule has 0 radical (unpaired) electrons. The van der Waals surface area contributed by atoms with E-state index in [0.29, 0.717) is 9.68 Å². The molecule has 7 heteroatoms. The number of rotatable bonds is 5. The van der Waals surface area contributed by atoms with Gasteiger partial charge in [0.05, 0.1) is 4.90 Å². The van der Waals surface area contributed by atoms with Crippen LogP contribution in [0.2, 0.25) is 24.7 Å². The van der Waals surface area contributed by atoms with Gasteiger partial charge >= 0.3 is 0 Å². The third-order valence-electron chi connectivity index (χ3n) is 2.63. The van der Waals surface area contributed by atoms with Gasteiger partial charge in [0.1, 0.15) is 8.07 Å². The van der Waals surface area contributed by atoms with E-state index in [9.17, 15) is 8.42 Å². The van der Waals surface area contributed by atoms with Crippen LogP contribution < -0.4 is 4.72 Å². The van der Waals surface area contributed by atoms with Crippen molar-refractivity contribution in [2.24, 2.45) is 0 Å². The molecule has 21 heavy (non-hydrogen) atoms. The van der Waals surface area contributed by atoms with Gasteiger partial charge in [-0.15, -0.1) is 5.73 Å². The highest BCUT2D eigenvalue weighted by molar-refractivity contribution is 7.89. The zero-order chi connectivity index (χ0) is 16.3. The maximum Gasteiger partial charge on any atom is 0.240 e. The van der Waals surface area contributed by atoms with Crippen LogP contribution in [0.5, 0.6) is 0 Å². The zero-order valence-electron chi connectivity index (χ0n) is 12.5. The molecule has 0 saturated carbocycles. The Hall–Kier alpha value is -0.553. The predicted octanol–water partition coefficient (Wildman–Crippen LogP) is 4.16. The van der Waals surface area contributed by atoms with Crippen molar-refractivity contribution in [2.45, 2.75) is 31.5 Å². The van der Waals surface area contributed by atoms with Crippen molar-refractivity contribution in [3.63, 3.8) is 0 Å². The Bertz CT molecular complexity index is 670. The van der Waals surface area contributed by atoms with Crippen molar-refractivity contribution in [1.29, 1.82) is 0 Å². The van der Waals surface area contributed by atoms with E-state index >= 15 is 0 Å². The number of sulfonamides is 1. The summed E-state index contributed by atoms with van der Waals surface area (Å²) in [6.07, 6.45) is 0. The maximum absolute atomic E-state index is 12.1. The summed E-state index contributed by atoms with van der Waals surface area (Å²) < 4.78 is 27.4. The van der Waals surface area contributed by atoms with Gasteiger partial charge in [0, 0.05) is 16.2 Å². The van der Waals surface area contributed by atoms with Gasteiger partial charge < -0.3 is 0 Å². The first-order valence-corrected chi connectivity index (χ1v) is 12.1. The molecular formula is C14H19Cl2NO2SSi. The standard InChI is InChI=1S/C14H19Cl2NO2SSi/c1-11(9-14(16)21(2,3)4)10-17-20(18,19)13-7-5-12(15)6-8-13/h5-8,17H,10H2,1-4H3. The summed E-state index contributed by atoms with van der Waals surface area (Å²) in [7, 11) is -5.16. The van der Waals surface area contributed by atoms with E-state index in [-0.39, 0.29) is 11.4 Å². The minimum absolute atomic E-state index is 0.172. The van der Waals surface area contributed by atoms with Gasteiger partial charge in [-0.3, -0.25) is 0 Å². The fourth-order valence-electron chi connectivity index (χ4n) is 1.32. The van der Waals surface area contributed by atoms with E-state index in [1.54, 1.807) is 19.1 Å². The summed E-state index contributed by atoms with van der Waals surface area (Å²) in [6, 6.07) is 6.02. The van der Waals surface area contributed by atoms with Gasteiger partial charge in [-0.2, -0.15) is 0 Å². The number of benzene rings is 1.